The van der Waals surface area contributed by atoms with Gasteiger partial charge in [-0.05, 0) is 12.1 Å². The molecule has 2 N–H and O–H groups in total. The van der Waals surface area contributed by atoms with E-state index in [1.807, 2.05) is 30.3 Å². The van der Waals surface area contributed by atoms with Crippen molar-refractivity contribution in [2.75, 3.05) is 50.0 Å². The predicted molar refractivity (Wildman–Crippen MR) is 92.5 cm³/mol. The topological polar surface area (TPSA) is 62.3 Å². The van der Waals surface area contributed by atoms with E-state index in [2.05, 4.69) is 25.5 Å². The molecule has 0 atom stereocenters. The molecule has 0 spiro atoms. The number of nitrogens with one attached hydrogen (secondary N) is 2. The number of hydrogen-bond acceptors (Lipinski definition) is 6. The van der Waals surface area contributed by atoms with Crippen molar-refractivity contribution in [3.63, 3.8) is 0 Å². The molecule has 23 heavy (non-hydrogen) atoms. The van der Waals surface area contributed by atoms with E-state index in [0.717, 1.165) is 50.9 Å². The zero-order valence-electron chi connectivity index (χ0n) is 12.8. The molecular weight excluding hydrogens is 314 g/mol. The third kappa shape index (κ3) is 4.79. The summed E-state index contributed by atoms with van der Waals surface area (Å²) >= 11 is 6.15. The van der Waals surface area contributed by atoms with Crippen molar-refractivity contribution in [1.82, 2.24) is 14.9 Å². The van der Waals surface area contributed by atoms with Gasteiger partial charge in [0, 0.05) is 32.2 Å². The number of halogens is 1. The number of anilines is 3. The van der Waals surface area contributed by atoms with E-state index >= 15 is 0 Å². The van der Waals surface area contributed by atoms with Crippen molar-refractivity contribution in [1.29, 1.82) is 0 Å². The molecule has 3 rings (SSSR count). The maximum Gasteiger partial charge on any atom is 0.135 e. The van der Waals surface area contributed by atoms with Gasteiger partial charge in [0.05, 0.1) is 23.9 Å². The molecule has 0 saturated carbocycles. The Hall–Kier alpha value is -1.89. The van der Waals surface area contributed by atoms with Crippen LogP contribution >= 0.6 is 11.6 Å². The number of benzene rings is 1. The quantitative estimate of drug-likeness (QED) is 0.847. The third-order valence-corrected chi connectivity index (χ3v) is 3.97. The molecule has 1 saturated heterocycles. The third-order valence-electron chi connectivity index (χ3n) is 3.64. The van der Waals surface area contributed by atoms with Gasteiger partial charge in [-0.3, -0.25) is 4.90 Å². The fourth-order valence-electron chi connectivity index (χ4n) is 2.39. The summed E-state index contributed by atoms with van der Waals surface area (Å²) in [5.41, 5.74) is 0.826. The molecule has 1 aliphatic heterocycles. The van der Waals surface area contributed by atoms with Crippen LogP contribution in [-0.4, -0.2) is 54.3 Å². The monoisotopic (exact) mass is 333 g/mol. The summed E-state index contributed by atoms with van der Waals surface area (Å²) in [7, 11) is 0. The highest BCUT2D eigenvalue weighted by Crippen LogP contribution is 2.24. The lowest BCUT2D eigenvalue weighted by atomic mass is 10.3. The molecule has 2 aromatic rings. The first-order chi connectivity index (χ1) is 11.3. The van der Waals surface area contributed by atoms with Crippen molar-refractivity contribution < 1.29 is 4.74 Å². The van der Waals surface area contributed by atoms with Crippen LogP contribution in [0, 0.1) is 0 Å². The van der Waals surface area contributed by atoms with Crippen LogP contribution in [0.1, 0.15) is 0 Å². The molecule has 0 bridgehead atoms. The van der Waals surface area contributed by atoms with Crippen molar-refractivity contribution in [3.8, 4) is 0 Å². The summed E-state index contributed by atoms with van der Waals surface area (Å²) in [6, 6.07) is 9.45. The minimum absolute atomic E-state index is 0.660. The van der Waals surface area contributed by atoms with E-state index in [1.54, 1.807) is 0 Å². The van der Waals surface area contributed by atoms with E-state index in [4.69, 9.17) is 16.3 Å². The Morgan fingerprint density at radius 2 is 1.91 bits per heavy atom. The van der Waals surface area contributed by atoms with Crippen LogP contribution in [0.25, 0.3) is 0 Å². The number of aromatic nitrogens is 2. The summed E-state index contributed by atoms with van der Waals surface area (Å²) in [5, 5.41) is 7.19. The molecule has 1 aromatic heterocycles. The van der Waals surface area contributed by atoms with Gasteiger partial charge in [0.2, 0.25) is 0 Å². The van der Waals surface area contributed by atoms with E-state index in [1.165, 1.54) is 6.33 Å². The molecule has 1 fully saturated rings. The van der Waals surface area contributed by atoms with Gasteiger partial charge in [0.25, 0.3) is 0 Å². The van der Waals surface area contributed by atoms with Gasteiger partial charge in [-0.25, -0.2) is 9.97 Å². The molecule has 6 nitrogen and oxygen atoms in total. The molecule has 0 aliphatic carbocycles. The van der Waals surface area contributed by atoms with E-state index < -0.39 is 0 Å². The van der Waals surface area contributed by atoms with E-state index in [0.29, 0.717) is 10.8 Å². The first-order valence-electron chi connectivity index (χ1n) is 7.69. The van der Waals surface area contributed by atoms with Crippen LogP contribution in [0.3, 0.4) is 0 Å². The zero-order valence-corrected chi connectivity index (χ0v) is 13.6. The first kappa shape index (κ1) is 16.0. The Morgan fingerprint density at radius 1 is 1.13 bits per heavy atom. The molecule has 1 aliphatic rings. The number of morpholine rings is 1. The van der Waals surface area contributed by atoms with Crippen LogP contribution in [0.15, 0.2) is 36.7 Å². The Bertz CT molecular complexity index is 633. The maximum absolute atomic E-state index is 6.15. The lowest BCUT2D eigenvalue weighted by molar-refractivity contribution is 0.0398. The number of hydrogen-bond donors (Lipinski definition) is 2. The summed E-state index contributed by atoms with van der Waals surface area (Å²) in [5.74, 6) is 1.50. The fourth-order valence-corrected chi connectivity index (χ4v) is 2.57. The summed E-state index contributed by atoms with van der Waals surface area (Å²) in [6.07, 6.45) is 1.54. The summed E-state index contributed by atoms with van der Waals surface area (Å²) < 4.78 is 5.34. The maximum atomic E-state index is 6.15. The standard InChI is InChI=1S/C16H20ClN5O/c17-13-3-1-2-4-14(13)21-16-11-15(19-12-20-16)18-5-6-22-7-9-23-10-8-22/h1-4,11-12H,5-10H2,(H2,18,19,20,21). The van der Waals surface area contributed by atoms with E-state index in [-0.39, 0.29) is 0 Å². The molecule has 0 unspecified atom stereocenters. The van der Waals surface area contributed by atoms with Crippen LogP contribution in [-0.2, 0) is 4.74 Å². The SMILES string of the molecule is Clc1ccccc1Nc1cc(NCCN2CCOCC2)ncn1. The second-order valence-electron chi connectivity index (χ2n) is 5.27. The minimum atomic E-state index is 0.660. The Morgan fingerprint density at radius 3 is 2.74 bits per heavy atom. The second kappa shape index (κ2) is 8.10. The average molecular weight is 334 g/mol. The molecule has 0 amide bonds. The first-order valence-corrected chi connectivity index (χ1v) is 8.06. The minimum Gasteiger partial charge on any atom is -0.379 e. The van der Waals surface area contributed by atoms with Crippen molar-refractivity contribution in [2.45, 2.75) is 0 Å². The van der Waals surface area contributed by atoms with Gasteiger partial charge < -0.3 is 15.4 Å². The zero-order chi connectivity index (χ0) is 15.9. The van der Waals surface area contributed by atoms with Gasteiger partial charge in [-0.15, -0.1) is 0 Å². The number of nitrogens with zero attached hydrogens (tertiary/aromatic N) is 3. The van der Waals surface area contributed by atoms with E-state index in [9.17, 15) is 0 Å². The Labute approximate surface area is 140 Å². The highest BCUT2D eigenvalue weighted by molar-refractivity contribution is 6.33. The smallest absolute Gasteiger partial charge is 0.135 e. The van der Waals surface area contributed by atoms with Crippen LogP contribution < -0.4 is 10.6 Å². The van der Waals surface area contributed by atoms with Crippen LogP contribution in [0.2, 0.25) is 5.02 Å². The molecule has 7 heteroatoms. The Balaban J connectivity index is 1.53. The second-order valence-corrected chi connectivity index (χ2v) is 5.68. The largest absolute Gasteiger partial charge is 0.379 e. The average Bonchev–Trinajstić information content (AvgIpc) is 2.58. The normalized spacial score (nSPS) is 15.3. The summed E-state index contributed by atoms with van der Waals surface area (Å²) in [4.78, 5) is 10.8. The molecule has 2 heterocycles. The van der Waals surface area contributed by atoms with Gasteiger partial charge in [-0.2, -0.15) is 0 Å². The molecule has 0 radical (unpaired) electrons. The molecule has 1 aromatic carbocycles. The van der Waals surface area contributed by atoms with Crippen molar-refractivity contribution in [3.05, 3.63) is 41.7 Å². The molecule has 122 valence electrons. The number of para-hydroxylation sites is 1. The molecular formula is C16H20ClN5O. The number of ether oxygens (including phenoxy) is 1. The van der Waals surface area contributed by atoms with Gasteiger partial charge in [0.15, 0.2) is 0 Å². The summed E-state index contributed by atoms with van der Waals surface area (Å²) in [6.45, 7) is 5.43. The highest BCUT2D eigenvalue weighted by atomic mass is 35.5. The highest BCUT2D eigenvalue weighted by Gasteiger charge is 2.09. The Kier molecular flexibility index (Phi) is 5.63. The predicted octanol–water partition coefficient (Wildman–Crippen LogP) is 2.62. The van der Waals surface area contributed by atoms with Crippen LogP contribution in [0.4, 0.5) is 17.3 Å². The van der Waals surface area contributed by atoms with Crippen LogP contribution in [0.5, 0.6) is 0 Å². The number of rotatable bonds is 6. The van der Waals surface area contributed by atoms with Gasteiger partial charge >= 0.3 is 0 Å². The van der Waals surface area contributed by atoms with Gasteiger partial charge in [0.1, 0.15) is 18.0 Å². The van der Waals surface area contributed by atoms with Gasteiger partial charge in [-0.1, -0.05) is 23.7 Å². The van der Waals surface area contributed by atoms with Crippen molar-refractivity contribution in [2.24, 2.45) is 0 Å². The van der Waals surface area contributed by atoms with Crippen molar-refractivity contribution >= 4 is 28.9 Å². The lowest BCUT2D eigenvalue weighted by Gasteiger charge is -2.26. The lowest BCUT2D eigenvalue weighted by Crippen LogP contribution is -2.39. The fraction of sp³-hybridized carbons (Fsp3) is 0.375.